The van der Waals surface area contributed by atoms with Crippen LogP contribution >= 0.6 is 34.8 Å². The molecule has 0 aliphatic heterocycles. The smallest absolute Gasteiger partial charge is 0.286 e. The number of nitrogens with one attached hydrogen (secondary N) is 1. The van der Waals surface area contributed by atoms with Gasteiger partial charge in [0.2, 0.25) is 0 Å². The second-order valence-electron chi connectivity index (χ2n) is 8.76. The molecular formula is C27H18Cl3N5O2. The van der Waals surface area contributed by atoms with Crippen LogP contribution in [-0.2, 0) is 0 Å². The predicted octanol–water partition coefficient (Wildman–Crippen LogP) is 6.09. The molecule has 1 aliphatic carbocycles. The highest BCUT2D eigenvalue weighted by Gasteiger charge is 2.24. The molecule has 1 saturated carbocycles. The number of rotatable bonds is 5. The van der Waals surface area contributed by atoms with Gasteiger partial charge >= 0.3 is 0 Å². The van der Waals surface area contributed by atoms with Crippen molar-refractivity contribution in [3.05, 3.63) is 104 Å². The minimum absolute atomic E-state index is 0.104. The van der Waals surface area contributed by atoms with Crippen LogP contribution in [0.4, 0.5) is 0 Å². The Hall–Kier alpha value is -3.65. The van der Waals surface area contributed by atoms with Crippen LogP contribution in [-0.4, -0.2) is 31.1 Å². The van der Waals surface area contributed by atoms with E-state index in [0.29, 0.717) is 49.0 Å². The van der Waals surface area contributed by atoms with Gasteiger partial charge in [-0.15, -0.1) is 0 Å². The van der Waals surface area contributed by atoms with Gasteiger partial charge in [-0.1, -0.05) is 34.8 Å². The largest absolute Gasteiger partial charge is 0.349 e. The second-order valence-corrected chi connectivity index (χ2v) is 10.0. The standard InChI is InChI=1S/C27H18Cl3N5O2/c28-16-3-10-20(11-4-16)35-24(21-12-5-17(29)13-22(21)30)33-25-23(27(35)37)31-14-34(25)19-8-1-15(2-9-19)26(36)32-18-6-7-18/h1-5,8-14,18H,6-7H2,(H,32,36). The second kappa shape index (κ2) is 9.34. The normalized spacial score (nSPS) is 13.2. The fourth-order valence-electron chi connectivity index (χ4n) is 4.09. The van der Waals surface area contributed by atoms with Crippen LogP contribution < -0.4 is 10.9 Å². The van der Waals surface area contributed by atoms with E-state index in [9.17, 15) is 9.59 Å². The van der Waals surface area contributed by atoms with Crippen molar-refractivity contribution in [2.45, 2.75) is 18.9 Å². The van der Waals surface area contributed by atoms with Gasteiger partial charge in [-0.3, -0.25) is 18.7 Å². The van der Waals surface area contributed by atoms with Gasteiger partial charge in [0.1, 0.15) is 6.33 Å². The Morgan fingerprint density at radius 3 is 2.24 bits per heavy atom. The van der Waals surface area contributed by atoms with E-state index in [1.54, 1.807) is 71.3 Å². The van der Waals surface area contributed by atoms with Crippen molar-refractivity contribution in [1.29, 1.82) is 0 Å². The van der Waals surface area contributed by atoms with Crippen LogP contribution in [0.2, 0.25) is 15.1 Å². The third-order valence-electron chi connectivity index (χ3n) is 6.15. The summed E-state index contributed by atoms with van der Waals surface area (Å²) in [6.07, 6.45) is 3.58. The first-order valence-electron chi connectivity index (χ1n) is 11.5. The quantitative estimate of drug-likeness (QED) is 0.287. The van der Waals surface area contributed by atoms with Crippen LogP contribution in [0.1, 0.15) is 23.2 Å². The van der Waals surface area contributed by atoms with Gasteiger partial charge in [0.15, 0.2) is 17.0 Å². The monoisotopic (exact) mass is 549 g/mol. The molecule has 6 rings (SSSR count). The van der Waals surface area contributed by atoms with Crippen LogP contribution in [0.3, 0.4) is 0 Å². The number of aromatic nitrogens is 4. The molecule has 0 saturated heterocycles. The fraction of sp³-hybridized carbons (Fsp3) is 0.111. The van der Waals surface area contributed by atoms with E-state index in [4.69, 9.17) is 39.8 Å². The van der Waals surface area contributed by atoms with Gasteiger partial charge in [-0.05, 0) is 79.6 Å². The zero-order chi connectivity index (χ0) is 25.7. The first-order chi connectivity index (χ1) is 17.9. The lowest BCUT2D eigenvalue weighted by atomic mass is 10.2. The number of imidazole rings is 1. The minimum Gasteiger partial charge on any atom is -0.349 e. The third kappa shape index (κ3) is 4.50. The van der Waals surface area contributed by atoms with Crippen molar-refractivity contribution in [2.75, 3.05) is 0 Å². The predicted molar refractivity (Wildman–Crippen MR) is 145 cm³/mol. The highest BCUT2D eigenvalue weighted by atomic mass is 35.5. The molecule has 7 nitrogen and oxygen atoms in total. The number of hydrogen-bond acceptors (Lipinski definition) is 4. The van der Waals surface area contributed by atoms with Crippen molar-refractivity contribution >= 4 is 51.9 Å². The van der Waals surface area contributed by atoms with E-state index in [1.807, 2.05) is 0 Å². The summed E-state index contributed by atoms with van der Waals surface area (Å²) in [4.78, 5) is 35.4. The lowest BCUT2D eigenvalue weighted by Gasteiger charge is -2.14. The molecule has 2 heterocycles. The van der Waals surface area contributed by atoms with Crippen molar-refractivity contribution in [2.24, 2.45) is 0 Å². The van der Waals surface area contributed by atoms with Gasteiger partial charge in [-0.2, -0.15) is 0 Å². The maximum Gasteiger partial charge on any atom is 0.286 e. The number of carbonyl (C=O) groups is 1. The minimum atomic E-state index is -0.368. The first-order valence-corrected chi connectivity index (χ1v) is 12.7. The summed E-state index contributed by atoms with van der Waals surface area (Å²) >= 11 is 18.8. The molecule has 5 aromatic rings. The number of fused-ring (bicyclic) bond motifs is 1. The molecule has 1 N–H and O–H groups in total. The molecule has 0 radical (unpaired) electrons. The Kier molecular flexibility index (Phi) is 5.99. The van der Waals surface area contributed by atoms with E-state index in [-0.39, 0.29) is 23.0 Å². The SMILES string of the molecule is O=C(NC1CC1)c1ccc(-n2cnc3c(=O)n(-c4ccc(Cl)cc4)c(-c4ccc(Cl)cc4Cl)nc32)cc1. The average molecular weight is 551 g/mol. The Morgan fingerprint density at radius 2 is 1.57 bits per heavy atom. The highest BCUT2D eigenvalue weighted by molar-refractivity contribution is 6.36. The molecule has 0 unspecified atom stereocenters. The lowest BCUT2D eigenvalue weighted by molar-refractivity contribution is 0.0951. The van der Waals surface area contributed by atoms with Crippen LogP contribution in [0, 0.1) is 0 Å². The number of hydrogen-bond donors (Lipinski definition) is 1. The summed E-state index contributed by atoms with van der Waals surface area (Å²) in [5, 5.41) is 4.32. The number of carbonyl (C=O) groups excluding carboxylic acids is 1. The highest BCUT2D eigenvalue weighted by Crippen LogP contribution is 2.31. The molecule has 1 fully saturated rings. The van der Waals surface area contributed by atoms with E-state index >= 15 is 0 Å². The summed E-state index contributed by atoms with van der Waals surface area (Å²) < 4.78 is 3.16. The number of halogens is 3. The van der Waals surface area contributed by atoms with E-state index in [2.05, 4.69) is 10.3 Å². The maximum atomic E-state index is 13.8. The van der Waals surface area contributed by atoms with Crippen molar-refractivity contribution in [3.63, 3.8) is 0 Å². The molecule has 37 heavy (non-hydrogen) atoms. The van der Waals surface area contributed by atoms with Gasteiger partial charge in [0.05, 0.1) is 10.7 Å². The zero-order valence-electron chi connectivity index (χ0n) is 19.2. The Labute approximate surface area is 226 Å². The summed E-state index contributed by atoms with van der Waals surface area (Å²) in [6.45, 7) is 0. The van der Waals surface area contributed by atoms with Gasteiger partial charge in [0.25, 0.3) is 11.5 Å². The topological polar surface area (TPSA) is 81.8 Å². The molecular weight excluding hydrogens is 533 g/mol. The van der Waals surface area contributed by atoms with Gasteiger partial charge < -0.3 is 5.32 Å². The molecule has 0 spiro atoms. The number of amides is 1. The summed E-state index contributed by atoms with van der Waals surface area (Å²) in [7, 11) is 0. The van der Waals surface area contributed by atoms with Crippen molar-refractivity contribution in [3.8, 4) is 22.8 Å². The van der Waals surface area contributed by atoms with E-state index in [0.717, 1.165) is 12.8 Å². The van der Waals surface area contributed by atoms with Gasteiger partial charge in [0, 0.05) is 32.9 Å². The molecule has 0 atom stereocenters. The molecule has 2 aromatic heterocycles. The van der Waals surface area contributed by atoms with Crippen LogP contribution in [0.25, 0.3) is 33.9 Å². The molecule has 10 heteroatoms. The number of benzene rings is 3. The Bertz CT molecular complexity index is 1720. The zero-order valence-corrected chi connectivity index (χ0v) is 21.4. The van der Waals surface area contributed by atoms with E-state index in [1.165, 1.54) is 10.9 Å². The van der Waals surface area contributed by atoms with Crippen molar-refractivity contribution < 1.29 is 4.79 Å². The van der Waals surface area contributed by atoms with Gasteiger partial charge in [-0.25, -0.2) is 9.97 Å². The lowest BCUT2D eigenvalue weighted by Crippen LogP contribution is -2.25. The first kappa shape index (κ1) is 23.7. The third-order valence-corrected chi connectivity index (χ3v) is 6.95. The summed E-state index contributed by atoms with van der Waals surface area (Å²) in [5.74, 6) is 0.219. The maximum absolute atomic E-state index is 13.8. The number of nitrogens with zero attached hydrogens (tertiary/aromatic N) is 4. The Balaban J connectivity index is 1.52. The summed E-state index contributed by atoms with van der Waals surface area (Å²) in [5.41, 5.74) is 2.52. The molecule has 1 amide bonds. The van der Waals surface area contributed by atoms with Crippen LogP contribution in [0.15, 0.2) is 77.9 Å². The summed E-state index contributed by atoms with van der Waals surface area (Å²) in [6, 6.07) is 19.2. The van der Waals surface area contributed by atoms with Crippen molar-refractivity contribution in [1.82, 2.24) is 24.4 Å². The molecule has 3 aromatic carbocycles. The molecule has 0 bridgehead atoms. The van der Waals surface area contributed by atoms with Crippen LogP contribution in [0.5, 0.6) is 0 Å². The average Bonchev–Trinajstić information content (AvgIpc) is 3.60. The molecule has 184 valence electrons. The van der Waals surface area contributed by atoms with E-state index < -0.39 is 0 Å². The Morgan fingerprint density at radius 1 is 0.892 bits per heavy atom. The fourth-order valence-corrected chi connectivity index (χ4v) is 4.71. The molecule has 1 aliphatic rings.